The van der Waals surface area contributed by atoms with Gasteiger partial charge in [0.1, 0.15) is 29.6 Å². The molecule has 3 aromatic carbocycles. The molecule has 0 bridgehead atoms. The number of hydrogen-bond acceptors (Lipinski definition) is 4. The highest BCUT2D eigenvalue weighted by Gasteiger charge is 2.22. The minimum absolute atomic E-state index is 0.0673. The predicted octanol–water partition coefficient (Wildman–Crippen LogP) is 3.61. The molecule has 0 saturated carbocycles. The Morgan fingerprint density at radius 3 is 2.18 bits per heavy atom. The van der Waals surface area contributed by atoms with Gasteiger partial charge in [0, 0.05) is 37.4 Å². The summed E-state index contributed by atoms with van der Waals surface area (Å²) in [7, 11) is 0. The lowest BCUT2D eigenvalue weighted by Gasteiger charge is -2.36. The number of primary amides is 1. The van der Waals surface area contributed by atoms with Gasteiger partial charge < -0.3 is 20.3 Å². The molecule has 1 saturated heterocycles. The molecule has 1 heterocycles. The smallest absolute Gasteiger partial charge is 0.255 e. The van der Waals surface area contributed by atoms with E-state index in [1.807, 2.05) is 0 Å². The second-order valence-corrected chi connectivity index (χ2v) is 7.72. The van der Waals surface area contributed by atoms with Crippen molar-refractivity contribution in [3.05, 3.63) is 95.1 Å². The number of anilines is 1. The number of benzene rings is 3. The lowest BCUT2D eigenvalue weighted by Crippen LogP contribution is -2.48. The fraction of sp³-hybridized carbons (Fsp3) is 0.200. The van der Waals surface area contributed by atoms with Gasteiger partial charge in [-0.05, 0) is 54.1 Å². The summed E-state index contributed by atoms with van der Waals surface area (Å²) in [5, 5.41) is 0. The van der Waals surface area contributed by atoms with Crippen LogP contribution < -0.4 is 15.4 Å². The molecule has 0 atom stereocenters. The summed E-state index contributed by atoms with van der Waals surface area (Å²) in [6, 6.07) is 17.3. The van der Waals surface area contributed by atoms with E-state index in [0.29, 0.717) is 31.7 Å². The highest BCUT2D eigenvalue weighted by atomic mass is 19.1. The van der Waals surface area contributed by atoms with Crippen LogP contribution in [0.3, 0.4) is 0 Å². The largest absolute Gasteiger partial charge is 0.488 e. The van der Waals surface area contributed by atoms with Gasteiger partial charge >= 0.3 is 0 Å². The summed E-state index contributed by atoms with van der Waals surface area (Å²) in [6.07, 6.45) is 0. The first kappa shape index (κ1) is 22.3. The molecule has 4 rings (SSSR count). The van der Waals surface area contributed by atoms with Crippen LogP contribution in [0.5, 0.6) is 5.75 Å². The summed E-state index contributed by atoms with van der Waals surface area (Å²) >= 11 is 0. The fourth-order valence-corrected chi connectivity index (χ4v) is 3.77. The molecular weight excluding hydrogens is 428 g/mol. The van der Waals surface area contributed by atoms with Crippen molar-refractivity contribution in [2.24, 2.45) is 5.73 Å². The van der Waals surface area contributed by atoms with Crippen LogP contribution in [0, 0.1) is 11.6 Å². The van der Waals surface area contributed by atoms with E-state index < -0.39 is 11.7 Å². The molecule has 6 nitrogen and oxygen atoms in total. The monoisotopic (exact) mass is 451 g/mol. The Kier molecular flexibility index (Phi) is 6.53. The molecule has 0 aromatic heterocycles. The molecule has 1 aliphatic heterocycles. The third-order valence-corrected chi connectivity index (χ3v) is 5.58. The molecule has 8 heteroatoms. The van der Waals surface area contributed by atoms with E-state index in [9.17, 15) is 18.4 Å². The van der Waals surface area contributed by atoms with Crippen molar-refractivity contribution in [2.75, 3.05) is 31.1 Å². The SMILES string of the molecule is NC(=O)c1c(F)cccc1OCc1ccc(C(=O)N2CCN(c3ccc(F)cc3)CC2)cc1. The summed E-state index contributed by atoms with van der Waals surface area (Å²) in [4.78, 5) is 28.3. The van der Waals surface area contributed by atoms with Gasteiger partial charge in [-0.15, -0.1) is 0 Å². The first-order valence-corrected chi connectivity index (χ1v) is 10.5. The summed E-state index contributed by atoms with van der Waals surface area (Å²) in [5.41, 5.74) is 7.19. The Morgan fingerprint density at radius 2 is 1.55 bits per heavy atom. The number of carbonyl (C=O) groups excluding carboxylic acids is 2. The highest BCUT2D eigenvalue weighted by Crippen LogP contribution is 2.22. The summed E-state index contributed by atoms with van der Waals surface area (Å²) < 4.78 is 32.5. The Bertz CT molecular complexity index is 1140. The van der Waals surface area contributed by atoms with Gasteiger partial charge in [-0.25, -0.2) is 8.78 Å². The van der Waals surface area contributed by atoms with E-state index in [4.69, 9.17) is 10.5 Å². The van der Waals surface area contributed by atoms with Crippen LogP contribution in [0.2, 0.25) is 0 Å². The van der Waals surface area contributed by atoms with E-state index in [2.05, 4.69) is 4.90 Å². The maximum atomic E-state index is 13.8. The Hall–Kier alpha value is -3.94. The van der Waals surface area contributed by atoms with Gasteiger partial charge in [-0.3, -0.25) is 9.59 Å². The van der Waals surface area contributed by atoms with Gasteiger partial charge in [0.05, 0.1) is 0 Å². The maximum absolute atomic E-state index is 13.8. The predicted molar refractivity (Wildman–Crippen MR) is 120 cm³/mol. The third-order valence-electron chi connectivity index (χ3n) is 5.58. The Morgan fingerprint density at radius 1 is 0.879 bits per heavy atom. The molecule has 0 spiro atoms. The number of nitrogens with two attached hydrogens (primary N) is 1. The van der Waals surface area contributed by atoms with Crippen LogP contribution in [0.15, 0.2) is 66.7 Å². The van der Waals surface area contributed by atoms with Crippen LogP contribution in [-0.4, -0.2) is 42.9 Å². The van der Waals surface area contributed by atoms with Crippen molar-refractivity contribution < 1.29 is 23.1 Å². The molecule has 0 aliphatic carbocycles. The van der Waals surface area contributed by atoms with Gasteiger partial charge in [0.25, 0.3) is 11.8 Å². The number of nitrogens with zero attached hydrogens (tertiary/aromatic N) is 2. The van der Waals surface area contributed by atoms with Gasteiger partial charge in [-0.2, -0.15) is 0 Å². The lowest BCUT2D eigenvalue weighted by atomic mass is 10.1. The average molecular weight is 451 g/mol. The van der Waals surface area contributed by atoms with Gasteiger partial charge in [0.2, 0.25) is 0 Å². The van der Waals surface area contributed by atoms with E-state index >= 15 is 0 Å². The Balaban J connectivity index is 1.34. The molecule has 0 unspecified atom stereocenters. The third kappa shape index (κ3) is 5.11. The maximum Gasteiger partial charge on any atom is 0.255 e. The number of ether oxygens (including phenoxy) is 1. The molecule has 170 valence electrons. The summed E-state index contributed by atoms with van der Waals surface area (Å²) in [6.45, 7) is 2.56. The molecule has 33 heavy (non-hydrogen) atoms. The quantitative estimate of drug-likeness (QED) is 0.621. The van der Waals surface area contributed by atoms with Gasteiger partial charge in [-0.1, -0.05) is 18.2 Å². The topological polar surface area (TPSA) is 75.9 Å². The number of carbonyl (C=O) groups is 2. The zero-order chi connectivity index (χ0) is 23.4. The number of hydrogen-bond donors (Lipinski definition) is 1. The first-order valence-electron chi connectivity index (χ1n) is 10.5. The van der Waals surface area contributed by atoms with Crippen molar-refractivity contribution in [1.82, 2.24) is 4.90 Å². The van der Waals surface area contributed by atoms with Crippen molar-refractivity contribution in [2.45, 2.75) is 6.61 Å². The van der Waals surface area contributed by atoms with Crippen LogP contribution >= 0.6 is 0 Å². The number of rotatable bonds is 6. The first-order chi connectivity index (χ1) is 15.9. The molecule has 0 radical (unpaired) electrons. The second kappa shape index (κ2) is 9.68. The second-order valence-electron chi connectivity index (χ2n) is 7.72. The highest BCUT2D eigenvalue weighted by molar-refractivity contribution is 5.96. The van der Waals surface area contributed by atoms with E-state index in [-0.39, 0.29) is 29.6 Å². The van der Waals surface area contributed by atoms with Crippen molar-refractivity contribution in [3.8, 4) is 5.75 Å². The van der Waals surface area contributed by atoms with Crippen molar-refractivity contribution in [3.63, 3.8) is 0 Å². The van der Waals surface area contributed by atoms with Gasteiger partial charge in [0.15, 0.2) is 0 Å². The number of amides is 2. The molecule has 1 aliphatic rings. The standard InChI is InChI=1S/C25H23F2N3O3/c26-19-8-10-20(11-9-19)29-12-14-30(15-13-29)25(32)18-6-4-17(5-7-18)16-33-22-3-1-2-21(27)23(22)24(28)31/h1-11H,12-16H2,(H2,28,31). The zero-order valence-corrected chi connectivity index (χ0v) is 17.8. The normalized spacial score (nSPS) is 13.6. The molecular formula is C25H23F2N3O3. The van der Waals surface area contributed by atoms with Crippen molar-refractivity contribution in [1.29, 1.82) is 0 Å². The molecule has 2 N–H and O–H groups in total. The van der Waals surface area contributed by atoms with Crippen molar-refractivity contribution >= 4 is 17.5 Å². The van der Waals surface area contributed by atoms with Crippen LogP contribution in [0.25, 0.3) is 0 Å². The summed E-state index contributed by atoms with van der Waals surface area (Å²) in [5.74, 6) is -1.90. The number of halogens is 2. The minimum atomic E-state index is -0.899. The number of piperazine rings is 1. The van der Waals surface area contributed by atoms with E-state index in [0.717, 1.165) is 17.3 Å². The fourth-order valence-electron chi connectivity index (χ4n) is 3.77. The Labute approximate surface area is 190 Å². The van der Waals surface area contributed by atoms with E-state index in [1.54, 1.807) is 41.3 Å². The minimum Gasteiger partial charge on any atom is -0.488 e. The molecule has 3 aromatic rings. The average Bonchev–Trinajstić information content (AvgIpc) is 2.83. The van der Waals surface area contributed by atoms with Crippen LogP contribution in [-0.2, 0) is 6.61 Å². The zero-order valence-electron chi connectivity index (χ0n) is 17.8. The van der Waals surface area contributed by atoms with Crippen LogP contribution in [0.4, 0.5) is 14.5 Å². The lowest BCUT2D eigenvalue weighted by molar-refractivity contribution is 0.0746. The van der Waals surface area contributed by atoms with Crippen LogP contribution in [0.1, 0.15) is 26.3 Å². The molecule has 2 amide bonds. The molecule has 1 fully saturated rings. The van der Waals surface area contributed by atoms with E-state index in [1.165, 1.54) is 24.3 Å².